The molecule has 3 heteroatoms. The molecule has 106 valence electrons. The molecule has 2 aromatic carbocycles. The van der Waals surface area contributed by atoms with Crippen molar-refractivity contribution in [2.24, 2.45) is 0 Å². The van der Waals surface area contributed by atoms with E-state index in [0.29, 0.717) is 0 Å². The van der Waals surface area contributed by atoms with Gasteiger partial charge in [-0.1, -0.05) is 12.1 Å². The zero-order valence-corrected chi connectivity index (χ0v) is 12.3. The molecule has 2 aromatic rings. The van der Waals surface area contributed by atoms with Gasteiger partial charge in [0.25, 0.3) is 0 Å². The number of benzene rings is 2. The second-order valence-electron chi connectivity index (χ2n) is 5.13. The van der Waals surface area contributed by atoms with E-state index in [9.17, 15) is 4.39 Å². The molecule has 0 bridgehead atoms. The minimum Gasteiger partial charge on any atom is -0.496 e. The Kier molecular flexibility index (Phi) is 4.28. The van der Waals surface area contributed by atoms with Crippen molar-refractivity contribution in [3.8, 4) is 5.75 Å². The van der Waals surface area contributed by atoms with Crippen molar-refractivity contribution in [3.63, 3.8) is 0 Å². The summed E-state index contributed by atoms with van der Waals surface area (Å²) in [6, 6.07) is 11.1. The number of aryl methyl sites for hydroxylation is 2. The Morgan fingerprint density at radius 1 is 1.05 bits per heavy atom. The average molecular weight is 273 g/mol. The standard InChI is InChI=1S/C17H20FNO/c1-11-5-6-16(17(9-11)20-4)13(3)19-15-8-12(2)7-14(18)10-15/h5-10,13,19H,1-4H3. The summed E-state index contributed by atoms with van der Waals surface area (Å²) in [7, 11) is 1.66. The van der Waals surface area contributed by atoms with Crippen LogP contribution in [0.4, 0.5) is 10.1 Å². The molecule has 0 amide bonds. The van der Waals surface area contributed by atoms with Crippen LogP contribution in [0.5, 0.6) is 5.75 Å². The Labute approximate surface area is 119 Å². The summed E-state index contributed by atoms with van der Waals surface area (Å²) in [5.74, 6) is 0.619. The second-order valence-corrected chi connectivity index (χ2v) is 5.13. The zero-order chi connectivity index (χ0) is 14.7. The quantitative estimate of drug-likeness (QED) is 0.877. The van der Waals surface area contributed by atoms with E-state index >= 15 is 0 Å². The lowest BCUT2D eigenvalue weighted by Gasteiger charge is -2.19. The predicted molar refractivity (Wildman–Crippen MR) is 80.9 cm³/mol. The third-order valence-corrected chi connectivity index (χ3v) is 3.28. The topological polar surface area (TPSA) is 21.3 Å². The molecule has 1 atom stereocenters. The Balaban J connectivity index is 2.25. The van der Waals surface area contributed by atoms with Gasteiger partial charge >= 0.3 is 0 Å². The van der Waals surface area contributed by atoms with Gasteiger partial charge in [-0.05, 0) is 56.2 Å². The van der Waals surface area contributed by atoms with Gasteiger partial charge < -0.3 is 10.1 Å². The smallest absolute Gasteiger partial charge is 0.125 e. The molecule has 0 aliphatic rings. The first-order chi connectivity index (χ1) is 9.49. The lowest BCUT2D eigenvalue weighted by Crippen LogP contribution is -2.08. The monoisotopic (exact) mass is 273 g/mol. The van der Waals surface area contributed by atoms with Gasteiger partial charge in [-0.25, -0.2) is 4.39 Å². The molecule has 0 fully saturated rings. The van der Waals surface area contributed by atoms with Gasteiger partial charge in [0.2, 0.25) is 0 Å². The van der Waals surface area contributed by atoms with Crippen LogP contribution in [-0.2, 0) is 0 Å². The van der Waals surface area contributed by atoms with Crippen LogP contribution >= 0.6 is 0 Å². The summed E-state index contributed by atoms with van der Waals surface area (Å²) >= 11 is 0. The maximum Gasteiger partial charge on any atom is 0.125 e. The first-order valence-electron chi connectivity index (χ1n) is 6.68. The number of anilines is 1. The van der Waals surface area contributed by atoms with Crippen LogP contribution < -0.4 is 10.1 Å². The molecule has 2 nitrogen and oxygen atoms in total. The van der Waals surface area contributed by atoms with Crippen molar-refractivity contribution in [2.75, 3.05) is 12.4 Å². The minimum atomic E-state index is -0.226. The highest BCUT2D eigenvalue weighted by Crippen LogP contribution is 2.29. The fraction of sp³-hybridized carbons (Fsp3) is 0.294. The van der Waals surface area contributed by atoms with Crippen LogP contribution in [-0.4, -0.2) is 7.11 Å². The number of nitrogens with one attached hydrogen (secondary N) is 1. The summed E-state index contributed by atoms with van der Waals surface area (Å²) in [5.41, 5.74) is 3.88. The molecule has 1 N–H and O–H groups in total. The summed E-state index contributed by atoms with van der Waals surface area (Å²) < 4.78 is 18.8. The van der Waals surface area contributed by atoms with Crippen molar-refractivity contribution in [1.29, 1.82) is 0 Å². The van der Waals surface area contributed by atoms with Gasteiger partial charge in [0, 0.05) is 11.3 Å². The molecule has 0 saturated carbocycles. The van der Waals surface area contributed by atoms with Gasteiger partial charge in [0.05, 0.1) is 13.2 Å². The lowest BCUT2D eigenvalue weighted by atomic mass is 10.0. The van der Waals surface area contributed by atoms with Gasteiger partial charge in [0.15, 0.2) is 0 Å². The number of rotatable bonds is 4. The average Bonchev–Trinajstić information content (AvgIpc) is 2.37. The van der Waals surface area contributed by atoms with Crippen LogP contribution in [0.25, 0.3) is 0 Å². The molecular weight excluding hydrogens is 253 g/mol. The largest absolute Gasteiger partial charge is 0.496 e. The highest BCUT2D eigenvalue weighted by Gasteiger charge is 2.12. The Bertz CT molecular complexity index is 590. The normalized spacial score (nSPS) is 12.1. The molecule has 0 saturated heterocycles. The molecule has 0 spiro atoms. The van der Waals surface area contributed by atoms with Crippen molar-refractivity contribution < 1.29 is 9.13 Å². The first kappa shape index (κ1) is 14.4. The molecule has 0 radical (unpaired) electrons. The number of hydrogen-bond donors (Lipinski definition) is 1. The van der Waals surface area contributed by atoms with E-state index in [1.165, 1.54) is 12.1 Å². The van der Waals surface area contributed by atoms with E-state index in [-0.39, 0.29) is 11.9 Å². The molecule has 0 aliphatic carbocycles. The van der Waals surface area contributed by atoms with Gasteiger partial charge in [-0.3, -0.25) is 0 Å². The summed E-state index contributed by atoms with van der Waals surface area (Å²) in [5, 5.41) is 3.31. The van der Waals surface area contributed by atoms with Crippen LogP contribution in [0.15, 0.2) is 36.4 Å². The molecule has 0 heterocycles. The van der Waals surface area contributed by atoms with E-state index < -0.39 is 0 Å². The van der Waals surface area contributed by atoms with E-state index in [0.717, 1.165) is 28.1 Å². The van der Waals surface area contributed by atoms with E-state index in [1.54, 1.807) is 7.11 Å². The van der Waals surface area contributed by atoms with Crippen LogP contribution in [0, 0.1) is 19.7 Å². The van der Waals surface area contributed by atoms with E-state index in [1.807, 2.05) is 45.0 Å². The second kappa shape index (κ2) is 5.95. The van der Waals surface area contributed by atoms with Gasteiger partial charge in [-0.15, -0.1) is 0 Å². The highest BCUT2D eigenvalue weighted by molar-refractivity contribution is 5.50. The van der Waals surface area contributed by atoms with Gasteiger partial charge in [-0.2, -0.15) is 0 Å². The van der Waals surface area contributed by atoms with Crippen molar-refractivity contribution >= 4 is 5.69 Å². The van der Waals surface area contributed by atoms with Gasteiger partial charge in [0.1, 0.15) is 11.6 Å². The van der Waals surface area contributed by atoms with Crippen molar-refractivity contribution in [3.05, 3.63) is 58.9 Å². The fourth-order valence-electron chi connectivity index (χ4n) is 2.32. The SMILES string of the molecule is COc1cc(C)ccc1C(C)Nc1cc(C)cc(F)c1. The number of halogens is 1. The zero-order valence-electron chi connectivity index (χ0n) is 12.3. The number of methoxy groups -OCH3 is 1. The Hall–Kier alpha value is -2.03. The summed E-state index contributed by atoms with van der Waals surface area (Å²) in [6.45, 7) is 5.94. The van der Waals surface area contributed by atoms with E-state index in [4.69, 9.17) is 4.74 Å². The van der Waals surface area contributed by atoms with E-state index in [2.05, 4.69) is 5.32 Å². The molecular formula is C17H20FNO. The molecule has 2 rings (SSSR count). The highest BCUT2D eigenvalue weighted by atomic mass is 19.1. The van der Waals surface area contributed by atoms with Crippen LogP contribution in [0.2, 0.25) is 0 Å². The third-order valence-electron chi connectivity index (χ3n) is 3.28. The summed E-state index contributed by atoms with van der Waals surface area (Å²) in [4.78, 5) is 0. The predicted octanol–water partition coefficient (Wildman–Crippen LogP) is 4.62. The Morgan fingerprint density at radius 3 is 2.45 bits per heavy atom. The molecule has 0 aliphatic heterocycles. The lowest BCUT2D eigenvalue weighted by molar-refractivity contribution is 0.407. The number of hydrogen-bond acceptors (Lipinski definition) is 2. The molecule has 20 heavy (non-hydrogen) atoms. The Morgan fingerprint density at radius 2 is 1.80 bits per heavy atom. The fourth-order valence-corrected chi connectivity index (χ4v) is 2.32. The number of ether oxygens (including phenoxy) is 1. The van der Waals surface area contributed by atoms with Crippen LogP contribution in [0.1, 0.15) is 29.7 Å². The molecule has 0 aromatic heterocycles. The maximum atomic E-state index is 13.4. The third kappa shape index (κ3) is 3.29. The molecule has 1 unspecified atom stereocenters. The van der Waals surface area contributed by atoms with Crippen LogP contribution in [0.3, 0.4) is 0 Å². The maximum absolute atomic E-state index is 13.4. The van der Waals surface area contributed by atoms with Crippen molar-refractivity contribution in [2.45, 2.75) is 26.8 Å². The first-order valence-corrected chi connectivity index (χ1v) is 6.68. The van der Waals surface area contributed by atoms with Crippen molar-refractivity contribution in [1.82, 2.24) is 0 Å². The minimum absolute atomic E-state index is 0.0340. The summed E-state index contributed by atoms with van der Waals surface area (Å²) in [6.07, 6.45) is 0.